The molecule has 3 fully saturated rings. The van der Waals surface area contributed by atoms with E-state index in [2.05, 4.69) is 17.1 Å². The molecule has 0 aromatic carbocycles. The molecule has 0 radical (unpaired) electrons. The van der Waals surface area contributed by atoms with E-state index in [9.17, 15) is 14.4 Å². The van der Waals surface area contributed by atoms with Crippen LogP contribution < -0.4 is 5.32 Å². The quantitative estimate of drug-likeness (QED) is 0.649. The standard InChI is InChI=1S/C24H35N3O4S/c1-2-12-27-21(28)19(15-17-6-4-3-5-7-17)25-23(31)24(27)10-13-26(14-11-24)16-18-8-9-20(32-18)22(29)30/h8-9,17,19H,2-7,10-16H2,1H3,(H,25,31)(H,29,30). The average molecular weight is 462 g/mol. The molecule has 32 heavy (non-hydrogen) atoms. The van der Waals surface area contributed by atoms with Crippen molar-refractivity contribution in [2.24, 2.45) is 5.92 Å². The van der Waals surface area contributed by atoms with Crippen molar-refractivity contribution in [3.8, 4) is 0 Å². The Hall–Kier alpha value is -1.93. The van der Waals surface area contributed by atoms with Crippen molar-refractivity contribution in [1.82, 2.24) is 15.1 Å². The van der Waals surface area contributed by atoms with Crippen LogP contribution in [-0.4, -0.2) is 63.9 Å². The number of hydrogen-bond acceptors (Lipinski definition) is 5. The maximum Gasteiger partial charge on any atom is 0.345 e. The first-order chi connectivity index (χ1) is 15.4. The minimum Gasteiger partial charge on any atom is -0.477 e. The Labute approximate surface area is 194 Å². The minimum absolute atomic E-state index is 0.0234. The lowest BCUT2D eigenvalue weighted by Gasteiger charge is -2.52. The SMILES string of the molecule is CCCN1C(=O)C(CC2CCCCC2)NC(=O)C12CCN(Cc1ccc(C(=O)O)s1)CC2. The highest BCUT2D eigenvalue weighted by Gasteiger charge is 2.53. The fourth-order valence-electron chi connectivity index (χ4n) is 5.72. The lowest BCUT2D eigenvalue weighted by Crippen LogP contribution is -2.73. The number of carboxylic acid groups (broad SMARTS) is 1. The fraction of sp³-hybridized carbons (Fsp3) is 0.708. The van der Waals surface area contributed by atoms with Crippen LogP contribution in [0.25, 0.3) is 0 Å². The zero-order chi connectivity index (χ0) is 22.7. The average Bonchev–Trinajstić information content (AvgIpc) is 3.26. The highest BCUT2D eigenvalue weighted by Crippen LogP contribution is 2.36. The number of hydrogen-bond donors (Lipinski definition) is 2. The third kappa shape index (κ3) is 4.71. The molecule has 1 aliphatic carbocycles. The summed E-state index contributed by atoms with van der Waals surface area (Å²) in [6, 6.07) is 3.15. The number of thiophene rings is 1. The van der Waals surface area contributed by atoms with E-state index in [4.69, 9.17) is 5.11 Å². The lowest BCUT2D eigenvalue weighted by molar-refractivity contribution is -0.162. The molecular formula is C24H35N3O4S. The van der Waals surface area contributed by atoms with E-state index in [1.165, 1.54) is 43.4 Å². The second kappa shape index (κ2) is 9.91. The maximum atomic E-state index is 13.5. The van der Waals surface area contributed by atoms with E-state index < -0.39 is 11.5 Å². The number of carboxylic acids is 1. The van der Waals surface area contributed by atoms with Crippen molar-refractivity contribution < 1.29 is 19.5 Å². The van der Waals surface area contributed by atoms with Crippen molar-refractivity contribution in [3.05, 3.63) is 21.9 Å². The van der Waals surface area contributed by atoms with Gasteiger partial charge in [0.25, 0.3) is 0 Å². The number of rotatable bonds is 7. The van der Waals surface area contributed by atoms with Crippen LogP contribution in [0.4, 0.5) is 0 Å². The van der Waals surface area contributed by atoms with Crippen LogP contribution in [0.1, 0.15) is 79.3 Å². The van der Waals surface area contributed by atoms with Crippen LogP contribution in [0.2, 0.25) is 0 Å². The molecule has 1 unspecified atom stereocenters. The summed E-state index contributed by atoms with van der Waals surface area (Å²) in [5.41, 5.74) is -0.742. The second-order valence-corrected chi connectivity index (χ2v) is 10.8. The number of amides is 2. The Morgan fingerprint density at radius 1 is 1.19 bits per heavy atom. The smallest absolute Gasteiger partial charge is 0.345 e. The van der Waals surface area contributed by atoms with E-state index in [0.717, 1.165) is 17.7 Å². The lowest BCUT2D eigenvalue weighted by atomic mass is 9.79. The molecule has 4 rings (SSSR count). The van der Waals surface area contributed by atoms with E-state index >= 15 is 0 Å². The van der Waals surface area contributed by atoms with Crippen molar-refractivity contribution in [2.75, 3.05) is 19.6 Å². The summed E-state index contributed by atoms with van der Waals surface area (Å²) >= 11 is 1.30. The van der Waals surface area contributed by atoms with Crippen LogP contribution in [0.3, 0.4) is 0 Å². The zero-order valence-corrected chi connectivity index (χ0v) is 19.8. The summed E-state index contributed by atoms with van der Waals surface area (Å²) in [7, 11) is 0. The summed E-state index contributed by atoms with van der Waals surface area (Å²) in [6.45, 7) is 4.81. The molecule has 2 aliphatic heterocycles. The number of likely N-dealkylation sites (tertiary alicyclic amines) is 1. The molecule has 1 spiro atoms. The number of carbonyl (C=O) groups is 3. The van der Waals surface area contributed by atoms with Gasteiger partial charge in [0, 0.05) is 31.1 Å². The van der Waals surface area contributed by atoms with Crippen molar-refractivity contribution in [2.45, 2.75) is 82.8 Å². The predicted molar refractivity (Wildman–Crippen MR) is 124 cm³/mol. The van der Waals surface area contributed by atoms with Crippen molar-refractivity contribution >= 4 is 29.1 Å². The Bertz CT molecular complexity index is 840. The van der Waals surface area contributed by atoms with Gasteiger partial charge in [0.15, 0.2) is 0 Å². The molecule has 1 aromatic rings. The van der Waals surface area contributed by atoms with Gasteiger partial charge in [-0.25, -0.2) is 4.79 Å². The number of nitrogens with zero attached hydrogens (tertiary/aromatic N) is 2. The Kier molecular flexibility index (Phi) is 7.20. The summed E-state index contributed by atoms with van der Waals surface area (Å²) in [5.74, 6) is -0.224. The Morgan fingerprint density at radius 2 is 1.91 bits per heavy atom. The first-order valence-corrected chi connectivity index (χ1v) is 12.9. The predicted octanol–water partition coefficient (Wildman–Crippen LogP) is 3.49. The van der Waals surface area contributed by atoms with Crippen molar-refractivity contribution in [1.29, 1.82) is 0 Å². The van der Waals surface area contributed by atoms with Crippen LogP contribution in [-0.2, 0) is 16.1 Å². The van der Waals surface area contributed by atoms with Gasteiger partial charge in [-0.05, 0) is 43.7 Å². The molecule has 2 N–H and O–H groups in total. The summed E-state index contributed by atoms with van der Waals surface area (Å²) in [4.78, 5) is 43.6. The summed E-state index contributed by atoms with van der Waals surface area (Å²) in [5, 5.41) is 12.3. The molecule has 3 heterocycles. The van der Waals surface area contributed by atoms with Gasteiger partial charge in [0.05, 0.1) is 0 Å². The van der Waals surface area contributed by atoms with E-state index in [0.29, 0.717) is 49.8 Å². The molecule has 1 saturated carbocycles. The van der Waals surface area contributed by atoms with E-state index in [1.807, 2.05) is 11.0 Å². The zero-order valence-electron chi connectivity index (χ0n) is 19.0. The number of piperidine rings is 1. The van der Waals surface area contributed by atoms with Gasteiger partial charge in [-0.2, -0.15) is 0 Å². The van der Waals surface area contributed by atoms with Crippen molar-refractivity contribution in [3.63, 3.8) is 0 Å². The summed E-state index contributed by atoms with van der Waals surface area (Å²) < 4.78 is 0. The van der Waals surface area contributed by atoms with Crippen LogP contribution in [0.15, 0.2) is 12.1 Å². The van der Waals surface area contributed by atoms with Crippen LogP contribution in [0.5, 0.6) is 0 Å². The summed E-state index contributed by atoms with van der Waals surface area (Å²) in [6.07, 6.45) is 8.94. The first kappa shape index (κ1) is 23.2. The number of nitrogens with one attached hydrogen (secondary N) is 1. The van der Waals surface area contributed by atoms with Gasteiger partial charge in [-0.15, -0.1) is 11.3 Å². The monoisotopic (exact) mass is 461 g/mol. The number of piperazine rings is 1. The number of carbonyl (C=O) groups excluding carboxylic acids is 2. The maximum absolute atomic E-state index is 13.5. The van der Waals surface area contributed by atoms with Gasteiger partial charge in [0.1, 0.15) is 16.5 Å². The van der Waals surface area contributed by atoms with Crippen LogP contribution >= 0.6 is 11.3 Å². The highest BCUT2D eigenvalue weighted by molar-refractivity contribution is 7.13. The molecule has 2 amide bonds. The molecular weight excluding hydrogens is 426 g/mol. The molecule has 1 atom stereocenters. The Morgan fingerprint density at radius 3 is 2.53 bits per heavy atom. The van der Waals surface area contributed by atoms with Gasteiger partial charge in [0.2, 0.25) is 11.8 Å². The molecule has 0 bridgehead atoms. The molecule has 1 aromatic heterocycles. The van der Waals surface area contributed by atoms with Gasteiger partial charge in [-0.1, -0.05) is 39.0 Å². The van der Waals surface area contributed by atoms with Crippen LogP contribution in [0, 0.1) is 5.92 Å². The normalized spacial score (nSPS) is 24.7. The van der Waals surface area contributed by atoms with Gasteiger partial charge in [-0.3, -0.25) is 14.5 Å². The molecule has 2 saturated heterocycles. The highest BCUT2D eigenvalue weighted by atomic mass is 32.1. The third-order valence-corrected chi connectivity index (χ3v) is 8.54. The van der Waals surface area contributed by atoms with E-state index in [1.54, 1.807) is 6.07 Å². The molecule has 3 aliphatic rings. The number of aromatic carboxylic acids is 1. The minimum atomic E-state index is -0.894. The molecule has 176 valence electrons. The molecule has 8 heteroatoms. The van der Waals surface area contributed by atoms with Gasteiger partial charge >= 0.3 is 5.97 Å². The van der Waals surface area contributed by atoms with E-state index in [-0.39, 0.29) is 17.9 Å². The third-order valence-electron chi connectivity index (χ3n) is 7.48. The van der Waals surface area contributed by atoms with Gasteiger partial charge < -0.3 is 15.3 Å². The largest absolute Gasteiger partial charge is 0.477 e. The molecule has 7 nitrogen and oxygen atoms in total. The second-order valence-electron chi connectivity index (χ2n) is 9.63. The Balaban J connectivity index is 1.42. The first-order valence-electron chi connectivity index (χ1n) is 12.1. The fourth-order valence-corrected chi connectivity index (χ4v) is 6.61. The topological polar surface area (TPSA) is 90.0 Å².